The van der Waals surface area contributed by atoms with Crippen molar-refractivity contribution in [1.82, 2.24) is 9.88 Å². The lowest BCUT2D eigenvalue weighted by Gasteiger charge is -2.23. The fourth-order valence-corrected chi connectivity index (χ4v) is 1.76. The van der Waals surface area contributed by atoms with Gasteiger partial charge < -0.3 is 10.2 Å². The van der Waals surface area contributed by atoms with Crippen LogP contribution in [-0.4, -0.2) is 36.1 Å². The van der Waals surface area contributed by atoms with Gasteiger partial charge in [0.1, 0.15) is 11.9 Å². The van der Waals surface area contributed by atoms with Gasteiger partial charge in [-0.05, 0) is 33.0 Å². The molecule has 0 aliphatic heterocycles. The molecule has 4 nitrogen and oxygen atoms in total. The molecule has 0 aromatic carbocycles. The average molecular weight is 282 g/mol. The Morgan fingerprint density at radius 3 is 2.75 bits per heavy atom. The van der Waals surface area contributed by atoms with Gasteiger partial charge >= 0.3 is 0 Å². The summed E-state index contributed by atoms with van der Waals surface area (Å²) >= 11 is 0. The Morgan fingerprint density at radius 2 is 2.20 bits per heavy atom. The maximum absolute atomic E-state index is 12.5. The van der Waals surface area contributed by atoms with Crippen LogP contribution in [0.15, 0.2) is 12.3 Å². The lowest BCUT2D eigenvalue weighted by molar-refractivity contribution is 0.151. The molecule has 1 N–H and O–H groups in total. The monoisotopic (exact) mass is 282 g/mol. The van der Waals surface area contributed by atoms with Crippen LogP contribution in [0, 0.1) is 11.3 Å². The van der Waals surface area contributed by atoms with E-state index in [1.54, 1.807) is 0 Å². The second-order valence-corrected chi connectivity index (χ2v) is 4.72. The van der Waals surface area contributed by atoms with Crippen molar-refractivity contribution in [2.75, 3.05) is 25.5 Å². The number of aromatic nitrogens is 1. The molecule has 0 radical (unpaired) electrons. The molecule has 0 amide bonds. The van der Waals surface area contributed by atoms with E-state index in [1.165, 1.54) is 6.07 Å². The molecule has 0 aliphatic rings. The first-order valence-electron chi connectivity index (χ1n) is 6.61. The lowest BCUT2D eigenvalue weighted by Crippen LogP contribution is -2.30. The molecular weight excluding hydrogens is 262 g/mol. The van der Waals surface area contributed by atoms with Crippen LogP contribution >= 0.6 is 0 Å². The van der Waals surface area contributed by atoms with Crippen molar-refractivity contribution in [2.24, 2.45) is 0 Å². The van der Waals surface area contributed by atoms with Crippen LogP contribution in [-0.2, 0) is 0 Å². The molecule has 1 atom stereocenters. The Balaban J connectivity index is 2.63. The standard InChI is InChI=1S/C14H20F2N4/c1-4-20(3)10(2)5-6-18-14-11(8-17)7-12(9-19-14)13(15)16/h7,9-10,13H,4-6H2,1-3H3,(H,18,19)/t10-/m0/s1. The predicted octanol–water partition coefficient (Wildman–Crippen LogP) is 3.03. The van der Waals surface area contributed by atoms with E-state index in [4.69, 9.17) is 5.26 Å². The highest BCUT2D eigenvalue weighted by Gasteiger charge is 2.12. The Labute approximate surface area is 118 Å². The van der Waals surface area contributed by atoms with Crippen molar-refractivity contribution < 1.29 is 8.78 Å². The number of hydrogen-bond donors (Lipinski definition) is 1. The highest BCUT2D eigenvalue weighted by atomic mass is 19.3. The molecule has 1 aromatic heterocycles. The number of hydrogen-bond acceptors (Lipinski definition) is 4. The second-order valence-electron chi connectivity index (χ2n) is 4.72. The number of rotatable bonds is 7. The number of nitriles is 1. The smallest absolute Gasteiger partial charge is 0.265 e. The third-order valence-corrected chi connectivity index (χ3v) is 3.39. The van der Waals surface area contributed by atoms with Gasteiger partial charge in [0, 0.05) is 24.3 Å². The maximum atomic E-state index is 12.5. The number of nitrogens with one attached hydrogen (secondary N) is 1. The van der Waals surface area contributed by atoms with Crippen LogP contribution in [0.5, 0.6) is 0 Å². The lowest BCUT2D eigenvalue weighted by atomic mass is 10.2. The maximum Gasteiger partial charge on any atom is 0.265 e. The molecule has 1 heterocycles. The number of alkyl halides is 2. The fourth-order valence-electron chi connectivity index (χ4n) is 1.76. The molecule has 0 spiro atoms. The Morgan fingerprint density at radius 1 is 1.50 bits per heavy atom. The molecule has 0 saturated carbocycles. The normalized spacial score (nSPS) is 12.5. The summed E-state index contributed by atoms with van der Waals surface area (Å²) in [6.45, 7) is 5.80. The summed E-state index contributed by atoms with van der Waals surface area (Å²) < 4.78 is 25.1. The molecular formula is C14H20F2N4. The molecule has 1 rings (SSSR count). The van der Waals surface area contributed by atoms with Crippen molar-refractivity contribution >= 4 is 5.82 Å². The minimum Gasteiger partial charge on any atom is -0.369 e. The number of nitrogens with zero attached hydrogens (tertiary/aromatic N) is 3. The summed E-state index contributed by atoms with van der Waals surface area (Å²) in [6, 6.07) is 3.48. The van der Waals surface area contributed by atoms with Gasteiger partial charge in [0.2, 0.25) is 0 Å². The third-order valence-electron chi connectivity index (χ3n) is 3.39. The molecule has 0 unspecified atom stereocenters. The summed E-state index contributed by atoms with van der Waals surface area (Å²) in [6.07, 6.45) is -0.620. The number of anilines is 1. The van der Waals surface area contributed by atoms with Gasteiger partial charge in [-0.3, -0.25) is 0 Å². The van der Waals surface area contributed by atoms with Crippen LogP contribution in [0.1, 0.15) is 37.8 Å². The van der Waals surface area contributed by atoms with Crippen molar-refractivity contribution in [2.45, 2.75) is 32.7 Å². The predicted molar refractivity (Wildman–Crippen MR) is 74.8 cm³/mol. The first-order chi connectivity index (χ1) is 9.49. The van der Waals surface area contributed by atoms with Gasteiger partial charge in [0.25, 0.3) is 6.43 Å². The van der Waals surface area contributed by atoms with Crippen LogP contribution < -0.4 is 5.32 Å². The van der Waals surface area contributed by atoms with Crippen molar-refractivity contribution in [3.63, 3.8) is 0 Å². The quantitative estimate of drug-likeness (QED) is 0.835. The first-order valence-corrected chi connectivity index (χ1v) is 6.61. The van der Waals surface area contributed by atoms with Gasteiger partial charge in [0.05, 0.1) is 5.56 Å². The van der Waals surface area contributed by atoms with E-state index < -0.39 is 6.43 Å². The highest BCUT2D eigenvalue weighted by Crippen LogP contribution is 2.22. The van der Waals surface area contributed by atoms with E-state index in [0.717, 1.165) is 19.2 Å². The summed E-state index contributed by atoms with van der Waals surface area (Å²) in [7, 11) is 2.04. The molecule has 6 heteroatoms. The van der Waals surface area contributed by atoms with E-state index in [0.29, 0.717) is 18.4 Å². The van der Waals surface area contributed by atoms with Crippen LogP contribution in [0.3, 0.4) is 0 Å². The molecule has 0 aliphatic carbocycles. The van der Waals surface area contributed by atoms with Gasteiger partial charge in [0.15, 0.2) is 0 Å². The van der Waals surface area contributed by atoms with E-state index in [9.17, 15) is 8.78 Å². The summed E-state index contributed by atoms with van der Waals surface area (Å²) in [5.74, 6) is 0.364. The van der Waals surface area contributed by atoms with E-state index >= 15 is 0 Å². The molecule has 0 fully saturated rings. The number of pyridine rings is 1. The minimum absolute atomic E-state index is 0.152. The van der Waals surface area contributed by atoms with Gasteiger partial charge in [-0.1, -0.05) is 6.92 Å². The van der Waals surface area contributed by atoms with E-state index in [1.807, 2.05) is 13.1 Å². The van der Waals surface area contributed by atoms with Gasteiger partial charge in [-0.25, -0.2) is 13.8 Å². The number of halogens is 2. The Bertz CT molecular complexity index is 471. The average Bonchev–Trinajstić information content (AvgIpc) is 2.46. The Hall–Kier alpha value is -1.74. The van der Waals surface area contributed by atoms with Crippen LogP contribution in [0.25, 0.3) is 0 Å². The molecule has 0 saturated heterocycles. The second kappa shape index (κ2) is 7.75. The fraction of sp³-hybridized carbons (Fsp3) is 0.571. The molecule has 110 valence electrons. The third kappa shape index (κ3) is 4.42. The van der Waals surface area contributed by atoms with Gasteiger partial charge in [-0.2, -0.15) is 5.26 Å². The SMILES string of the molecule is CCN(C)[C@@H](C)CCNc1ncc(C(F)F)cc1C#N. The van der Waals surface area contributed by atoms with Crippen molar-refractivity contribution in [1.29, 1.82) is 5.26 Å². The largest absolute Gasteiger partial charge is 0.369 e. The molecule has 0 bridgehead atoms. The summed E-state index contributed by atoms with van der Waals surface area (Å²) in [5.41, 5.74) is -0.0783. The zero-order valence-corrected chi connectivity index (χ0v) is 12.0. The van der Waals surface area contributed by atoms with Crippen molar-refractivity contribution in [3.05, 3.63) is 23.4 Å². The van der Waals surface area contributed by atoms with Crippen LogP contribution in [0.4, 0.5) is 14.6 Å². The zero-order valence-electron chi connectivity index (χ0n) is 12.0. The van der Waals surface area contributed by atoms with Crippen molar-refractivity contribution in [3.8, 4) is 6.07 Å². The van der Waals surface area contributed by atoms with Crippen LogP contribution in [0.2, 0.25) is 0 Å². The van der Waals surface area contributed by atoms with Gasteiger partial charge in [-0.15, -0.1) is 0 Å². The molecule has 1 aromatic rings. The zero-order chi connectivity index (χ0) is 15.1. The first kappa shape index (κ1) is 16.3. The van der Waals surface area contributed by atoms with E-state index in [2.05, 4.69) is 29.0 Å². The minimum atomic E-state index is -2.61. The Kier molecular flexibility index (Phi) is 6.32. The summed E-state index contributed by atoms with van der Waals surface area (Å²) in [5, 5.41) is 12.0. The molecule has 20 heavy (non-hydrogen) atoms. The van der Waals surface area contributed by atoms with E-state index in [-0.39, 0.29) is 11.1 Å². The highest BCUT2D eigenvalue weighted by molar-refractivity contribution is 5.52. The summed E-state index contributed by atoms with van der Waals surface area (Å²) in [4.78, 5) is 6.11. The topological polar surface area (TPSA) is 52.0 Å².